The standard InChI is InChI=1S/C10H12B2O4/c1-11-13-6-8(7-14-11)12-15-9-4-2-3-5-10(9)16-12/h2-5,8H,6-7H2,1H3. The van der Waals surface area contributed by atoms with Gasteiger partial charge in [-0.05, 0) is 19.0 Å². The van der Waals surface area contributed by atoms with Crippen molar-refractivity contribution in [3.05, 3.63) is 24.3 Å². The van der Waals surface area contributed by atoms with Gasteiger partial charge in [-0.15, -0.1) is 0 Å². The van der Waals surface area contributed by atoms with Crippen molar-refractivity contribution in [1.82, 2.24) is 0 Å². The van der Waals surface area contributed by atoms with Gasteiger partial charge in [-0.1, -0.05) is 12.1 Å². The maximum absolute atomic E-state index is 5.70. The minimum absolute atomic E-state index is 0.125. The van der Waals surface area contributed by atoms with E-state index in [1.54, 1.807) is 0 Å². The number of rotatable bonds is 1. The highest BCUT2D eigenvalue weighted by molar-refractivity contribution is 6.50. The molecule has 1 saturated heterocycles. The zero-order valence-electron chi connectivity index (χ0n) is 9.09. The highest BCUT2D eigenvalue weighted by Crippen LogP contribution is 2.36. The van der Waals surface area contributed by atoms with Crippen LogP contribution in [0.4, 0.5) is 0 Å². The topological polar surface area (TPSA) is 36.9 Å². The van der Waals surface area contributed by atoms with Crippen molar-refractivity contribution >= 4 is 14.2 Å². The average Bonchev–Trinajstić information content (AvgIpc) is 2.73. The third kappa shape index (κ3) is 1.79. The highest BCUT2D eigenvalue weighted by atomic mass is 16.6. The van der Waals surface area contributed by atoms with E-state index in [2.05, 4.69) is 0 Å². The second-order valence-corrected chi connectivity index (χ2v) is 4.05. The predicted octanol–water partition coefficient (Wildman–Crippen LogP) is 1.48. The molecule has 1 aromatic rings. The summed E-state index contributed by atoms with van der Waals surface area (Å²) in [7, 11) is -0.412. The summed E-state index contributed by atoms with van der Waals surface area (Å²) in [6, 6.07) is 7.67. The summed E-state index contributed by atoms with van der Waals surface area (Å²) in [5.41, 5.74) is 0. The first kappa shape index (κ1) is 10.1. The third-order valence-corrected chi connectivity index (χ3v) is 2.81. The smallest absolute Gasteiger partial charge is 0.523 e. The summed E-state index contributed by atoms with van der Waals surface area (Å²) in [4.78, 5) is 0. The molecule has 6 heteroatoms. The largest absolute Gasteiger partial charge is 0.602 e. The fraction of sp³-hybridized carbons (Fsp3) is 0.400. The summed E-state index contributed by atoms with van der Waals surface area (Å²) in [5.74, 6) is 1.72. The van der Waals surface area contributed by atoms with Crippen molar-refractivity contribution in [3.63, 3.8) is 0 Å². The molecule has 0 amide bonds. The lowest BCUT2D eigenvalue weighted by molar-refractivity contribution is 0.129. The molecule has 0 atom stereocenters. The summed E-state index contributed by atoms with van der Waals surface area (Å²) < 4.78 is 22.2. The summed E-state index contributed by atoms with van der Waals surface area (Å²) in [5, 5.41) is 0. The van der Waals surface area contributed by atoms with Gasteiger partial charge in [0.05, 0.1) is 5.82 Å². The van der Waals surface area contributed by atoms with Gasteiger partial charge in [-0.25, -0.2) is 0 Å². The maximum Gasteiger partial charge on any atom is 0.602 e. The Bertz CT molecular complexity index is 354. The quantitative estimate of drug-likeness (QED) is 0.668. The molecule has 2 aliphatic heterocycles. The molecule has 0 saturated carbocycles. The van der Waals surface area contributed by atoms with Gasteiger partial charge >= 0.3 is 14.2 Å². The van der Waals surface area contributed by atoms with Crippen LogP contribution in [0.5, 0.6) is 11.5 Å². The zero-order chi connectivity index (χ0) is 11.0. The lowest BCUT2D eigenvalue weighted by atomic mass is 9.71. The average molecular weight is 218 g/mol. The lowest BCUT2D eigenvalue weighted by Crippen LogP contribution is -2.42. The minimum atomic E-state index is -0.287. The van der Waals surface area contributed by atoms with Gasteiger partial charge in [0.1, 0.15) is 11.5 Å². The van der Waals surface area contributed by atoms with E-state index < -0.39 is 0 Å². The van der Waals surface area contributed by atoms with Crippen molar-refractivity contribution < 1.29 is 18.6 Å². The second-order valence-electron chi connectivity index (χ2n) is 4.05. The van der Waals surface area contributed by atoms with E-state index in [0.717, 1.165) is 11.5 Å². The molecule has 3 rings (SSSR count). The van der Waals surface area contributed by atoms with Crippen LogP contribution in [0, 0.1) is 0 Å². The first-order valence-corrected chi connectivity index (χ1v) is 5.48. The fourth-order valence-corrected chi connectivity index (χ4v) is 1.88. The van der Waals surface area contributed by atoms with E-state index in [9.17, 15) is 0 Å². The highest BCUT2D eigenvalue weighted by Gasteiger charge is 2.42. The summed E-state index contributed by atoms with van der Waals surface area (Å²) in [6.07, 6.45) is 0. The Morgan fingerprint density at radius 2 is 1.62 bits per heavy atom. The molecule has 0 bridgehead atoms. The van der Waals surface area contributed by atoms with E-state index in [0.29, 0.717) is 13.2 Å². The van der Waals surface area contributed by atoms with Crippen LogP contribution in [-0.4, -0.2) is 27.5 Å². The summed E-state index contributed by atoms with van der Waals surface area (Å²) in [6.45, 7) is 3.11. The van der Waals surface area contributed by atoms with Gasteiger partial charge in [0.2, 0.25) is 0 Å². The first-order chi connectivity index (χ1) is 7.83. The Morgan fingerprint density at radius 1 is 1.06 bits per heavy atom. The molecule has 0 spiro atoms. The molecule has 4 nitrogen and oxygen atoms in total. The van der Waals surface area contributed by atoms with Gasteiger partial charge in [0.15, 0.2) is 0 Å². The molecular formula is C10H12B2O4. The zero-order valence-corrected chi connectivity index (χ0v) is 9.09. The maximum atomic E-state index is 5.70. The molecule has 0 N–H and O–H groups in total. The third-order valence-electron chi connectivity index (χ3n) is 2.81. The SMILES string of the molecule is CB1OCC(B2Oc3ccccc3O2)CO1. The van der Waals surface area contributed by atoms with Crippen LogP contribution in [0.25, 0.3) is 0 Å². The molecule has 2 aliphatic rings. The molecule has 0 aromatic heterocycles. The van der Waals surface area contributed by atoms with Crippen molar-refractivity contribution in [3.8, 4) is 11.5 Å². The molecule has 0 aliphatic carbocycles. The second kappa shape index (κ2) is 4.03. The Kier molecular flexibility index (Phi) is 2.53. The molecule has 1 fully saturated rings. The van der Waals surface area contributed by atoms with Gasteiger partial charge in [-0.2, -0.15) is 0 Å². The van der Waals surface area contributed by atoms with E-state index in [-0.39, 0.29) is 20.1 Å². The van der Waals surface area contributed by atoms with Crippen LogP contribution in [-0.2, 0) is 9.31 Å². The van der Waals surface area contributed by atoms with Crippen molar-refractivity contribution in [2.75, 3.05) is 13.2 Å². The molecule has 0 radical (unpaired) electrons. The summed E-state index contributed by atoms with van der Waals surface area (Å²) >= 11 is 0. The van der Waals surface area contributed by atoms with Gasteiger partial charge in [0.25, 0.3) is 0 Å². The minimum Gasteiger partial charge on any atom is -0.523 e. The molecule has 2 heterocycles. The van der Waals surface area contributed by atoms with Crippen LogP contribution in [0.1, 0.15) is 0 Å². The molecule has 16 heavy (non-hydrogen) atoms. The number of fused-ring (bicyclic) bond motifs is 1. The lowest BCUT2D eigenvalue weighted by Gasteiger charge is -2.25. The van der Waals surface area contributed by atoms with E-state index in [1.807, 2.05) is 31.1 Å². The Balaban J connectivity index is 1.67. The van der Waals surface area contributed by atoms with Gasteiger partial charge < -0.3 is 18.6 Å². The van der Waals surface area contributed by atoms with Crippen LogP contribution in [0.2, 0.25) is 12.6 Å². The Morgan fingerprint density at radius 3 is 2.19 bits per heavy atom. The molecule has 82 valence electrons. The number of benzene rings is 1. The van der Waals surface area contributed by atoms with E-state index in [1.165, 1.54) is 0 Å². The van der Waals surface area contributed by atoms with Gasteiger partial charge in [-0.3, -0.25) is 0 Å². The van der Waals surface area contributed by atoms with Crippen molar-refractivity contribution in [2.45, 2.75) is 12.6 Å². The van der Waals surface area contributed by atoms with Crippen LogP contribution < -0.4 is 9.31 Å². The van der Waals surface area contributed by atoms with Crippen molar-refractivity contribution in [1.29, 1.82) is 0 Å². The van der Waals surface area contributed by atoms with Gasteiger partial charge in [0, 0.05) is 13.2 Å². The Labute approximate surface area is 95.1 Å². The van der Waals surface area contributed by atoms with E-state index in [4.69, 9.17) is 18.6 Å². The molecular weight excluding hydrogens is 206 g/mol. The fourth-order valence-electron chi connectivity index (χ4n) is 1.88. The van der Waals surface area contributed by atoms with Crippen molar-refractivity contribution in [2.24, 2.45) is 0 Å². The number of hydrogen-bond acceptors (Lipinski definition) is 4. The monoisotopic (exact) mass is 218 g/mol. The van der Waals surface area contributed by atoms with Crippen LogP contribution in [0.15, 0.2) is 24.3 Å². The normalized spacial score (nSPS) is 20.3. The number of para-hydroxylation sites is 2. The molecule has 1 aromatic carbocycles. The predicted molar refractivity (Wildman–Crippen MR) is 60.7 cm³/mol. The molecule has 0 unspecified atom stereocenters. The Hall–Kier alpha value is -1.13. The van der Waals surface area contributed by atoms with E-state index >= 15 is 0 Å². The first-order valence-electron chi connectivity index (χ1n) is 5.48. The van der Waals surface area contributed by atoms with Crippen LogP contribution >= 0.6 is 0 Å². The number of hydrogen-bond donors (Lipinski definition) is 0. The van der Waals surface area contributed by atoms with Crippen LogP contribution in [0.3, 0.4) is 0 Å².